The van der Waals surface area contributed by atoms with Crippen LogP contribution in [-0.4, -0.2) is 23.1 Å². The summed E-state index contributed by atoms with van der Waals surface area (Å²) in [4.78, 5) is 37.2. The largest absolute Gasteiger partial charge is 0.416 e. The van der Waals surface area contributed by atoms with Crippen LogP contribution >= 0.6 is 23.1 Å². The van der Waals surface area contributed by atoms with Crippen molar-refractivity contribution in [1.29, 1.82) is 0 Å². The highest BCUT2D eigenvalue weighted by Crippen LogP contribution is 2.58. The number of anilines is 1. The Hall–Kier alpha value is -2.85. The van der Waals surface area contributed by atoms with Gasteiger partial charge in [-0.25, -0.2) is 0 Å². The number of para-hydroxylation sites is 1. The smallest absolute Gasteiger partial charge is 0.307 e. The van der Waals surface area contributed by atoms with Crippen molar-refractivity contribution in [3.05, 3.63) is 80.8 Å². The maximum absolute atomic E-state index is 11.8. The first-order valence-corrected chi connectivity index (χ1v) is 13.2. The Morgan fingerprint density at radius 2 is 1.53 bits per heavy atom. The number of imide groups is 1. The van der Waals surface area contributed by atoms with Crippen LogP contribution in [0.3, 0.4) is 0 Å². The summed E-state index contributed by atoms with van der Waals surface area (Å²) in [6.45, 7) is 0. The number of aromatic amines is 1. The number of nitrogens with zero attached hydrogens (tertiary/aromatic N) is 1. The first-order chi connectivity index (χ1) is 17.3. The van der Waals surface area contributed by atoms with Gasteiger partial charge < -0.3 is 4.98 Å². The minimum atomic E-state index is -4.21. The van der Waals surface area contributed by atoms with E-state index in [1.165, 1.54) is 59.1 Å². The van der Waals surface area contributed by atoms with Gasteiger partial charge in [0.05, 0.1) is 16.3 Å². The number of thioether (sulfide) groups is 1. The van der Waals surface area contributed by atoms with E-state index in [0.717, 1.165) is 40.0 Å². The van der Waals surface area contributed by atoms with E-state index in [1.54, 1.807) is 30.3 Å². The van der Waals surface area contributed by atoms with E-state index in [9.17, 15) is 27.6 Å². The Bertz CT molecular complexity index is 1170. The number of thiazole rings is 1. The summed E-state index contributed by atoms with van der Waals surface area (Å²) in [5, 5.41) is 2.01. The summed E-state index contributed by atoms with van der Waals surface area (Å²) in [7, 11) is 0. The number of alkyl halides is 3. The fourth-order valence-corrected chi connectivity index (χ4v) is 7.83. The van der Waals surface area contributed by atoms with Crippen molar-refractivity contribution in [2.24, 2.45) is 17.8 Å². The van der Waals surface area contributed by atoms with E-state index in [2.05, 4.69) is 4.98 Å². The monoisotopic (exact) mass is 534 g/mol. The average Bonchev–Trinajstić information content (AvgIpc) is 3.59. The van der Waals surface area contributed by atoms with Crippen molar-refractivity contribution in [2.75, 3.05) is 4.90 Å². The van der Waals surface area contributed by atoms with Gasteiger partial charge in [-0.15, -0.1) is 11.8 Å². The molecule has 2 aromatic carbocycles. The first kappa shape index (κ1) is 26.2. The van der Waals surface area contributed by atoms with Crippen LogP contribution in [0, 0.1) is 17.8 Å². The number of amides is 2. The second-order valence-corrected chi connectivity index (χ2v) is 11.1. The summed E-state index contributed by atoms with van der Waals surface area (Å²) >= 11 is 3.40. The molecule has 10 heteroatoms. The second-order valence-electron chi connectivity index (χ2n) is 8.87. The number of hydrogen-bond donors (Lipinski definition) is 1. The molecule has 36 heavy (non-hydrogen) atoms. The van der Waals surface area contributed by atoms with E-state index in [1.807, 2.05) is 17.8 Å². The number of H-pyrrole nitrogens is 1. The molecule has 2 fully saturated rings. The highest BCUT2D eigenvalue weighted by Gasteiger charge is 2.50. The normalized spacial score (nSPS) is 23.2. The Morgan fingerprint density at radius 1 is 0.917 bits per heavy atom. The number of carbonyl (C=O) groups excluding carboxylic acids is 2. The number of fused-ring (bicyclic) bond motifs is 6. The third kappa shape index (κ3) is 6.10. The molecule has 2 heterocycles. The average molecular weight is 535 g/mol. The molecule has 1 aliphatic heterocycles. The van der Waals surface area contributed by atoms with Crippen molar-refractivity contribution in [3.8, 4) is 0 Å². The van der Waals surface area contributed by atoms with Crippen molar-refractivity contribution in [1.82, 2.24) is 4.98 Å². The molecule has 190 valence electrons. The zero-order chi connectivity index (χ0) is 25.7. The molecule has 0 radical (unpaired) electrons. The lowest BCUT2D eigenvalue weighted by Crippen LogP contribution is -2.29. The molecule has 0 spiro atoms. The summed E-state index contributed by atoms with van der Waals surface area (Å²) in [6.07, 6.45) is 2.26. The second kappa shape index (κ2) is 11.5. The zero-order valence-corrected chi connectivity index (χ0v) is 20.8. The van der Waals surface area contributed by atoms with Gasteiger partial charge in [0.25, 0.3) is 0 Å². The van der Waals surface area contributed by atoms with Gasteiger partial charge in [-0.05, 0) is 55.6 Å². The predicted octanol–water partition coefficient (Wildman–Crippen LogP) is 6.01. The minimum Gasteiger partial charge on any atom is -0.307 e. The molecule has 3 aromatic rings. The van der Waals surface area contributed by atoms with Gasteiger partial charge in [0.2, 0.25) is 12.8 Å². The summed E-state index contributed by atoms with van der Waals surface area (Å²) < 4.78 is 35.4. The number of nitrogens with one attached hydrogen (secondary N) is 1. The number of benzene rings is 2. The minimum absolute atomic E-state index is 0.139. The van der Waals surface area contributed by atoms with Crippen molar-refractivity contribution < 1.29 is 22.8 Å². The third-order valence-corrected chi connectivity index (χ3v) is 9.37. The van der Waals surface area contributed by atoms with Crippen LogP contribution in [0.15, 0.2) is 70.5 Å². The number of hydrogen-bond acceptors (Lipinski definition) is 5. The molecule has 2 amide bonds. The van der Waals surface area contributed by atoms with Gasteiger partial charge in [0, 0.05) is 10.1 Å². The third-order valence-electron chi connectivity index (χ3n) is 6.75. The van der Waals surface area contributed by atoms with Crippen LogP contribution < -0.4 is 9.77 Å². The van der Waals surface area contributed by atoms with Crippen LogP contribution in [0.25, 0.3) is 0 Å². The Labute approximate surface area is 214 Å². The van der Waals surface area contributed by atoms with Crippen molar-refractivity contribution in [3.63, 3.8) is 0 Å². The predicted molar refractivity (Wildman–Crippen MR) is 135 cm³/mol. The SMILES string of the molecule is FC(F)(F)c1ccccc1.O=CN(C=O)c1ccccc1.O=c1[nH]c2c(s1)C[C@H]1[C@@H]3CC[C@@H](C3)[C@H]1S2. The summed E-state index contributed by atoms with van der Waals surface area (Å²) in [5.41, 5.74) is -0.0208. The molecule has 4 atom stereocenters. The van der Waals surface area contributed by atoms with Gasteiger partial charge in [-0.3, -0.25) is 19.3 Å². The van der Waals surface area contributed by atoms with Crippen LogP contribution in [0.5, 0.6) is 0 Å². The maximum Gasteiger partial charge on any atom is 0.416 e. The van der Waals surface area contributed by atoms with Crippen LogP contribution in [0.2, 0.25) is 0 Å². The molecule has 3 aliphatic rings. The number of carbonyl (C=O) groups is 2. The lowest BCUT2D eigenvalue weighted by Gasteiger charge is -2.33. The van der Waals surface area contributed by atoms with Crippen LogP contribution in [0.1, 0.15) is 29.7 Å². The molecule has 2 saturated carbocycles. The molecule has 5 nitrogen and oxygen atoms in total. The fourth-order valence-electron chi connectivity index (χ4n) is 5.12. The van der Waals surface area contributed by atoms with Gasteiger partial charge in [0.15, 0.2) is 0 Å². The number of aromatic nitrogens is 1. The molecule has 2 aliphatic carbocycles. The fraction of sp³-hybridized carbons (Fsp3) is 0.346. The molecule has 6 rings (SSSR count). The van der Waals surface area contributed by atoms with Crippen LogP contribution in [0.4, 0.5) is 18.9 Å². The van der Waals surface area contributed by atoms with Gasteiger partial charge in [0.1, 0.15) is 0 Å². The quantitative estimate of drug-likeness (QED) is 0.418. The Morgan fingerprint density at radius 3 is 2.11 bits per heavy atom. The molecular weight excluding hydrogens is 509 g/mol. The topological polar surface area (TPSA) is 70.2 Å². The Balaban J connectivity index is 0.000000131. The first-order valence-electron chi connectivity index (χ1n) is 11.5. The van der Waals surface area contributed by atoms with Gasteiger partial charge in [-0.2, -0.15) is 13.2 Å². The van der Waals surface area contributed by atoms with Crippen LogP contribution in [-0.2, 0) is 22.2 Å². The molecule has 0 saturated heterocycles. The molecule has 2 bridgehead atoms. The van der Waals surface area contributed by atoms with Gasteiger partial charge >= 0.3 is 11.0 Å². The van der Waals surface area contributed by atoms with E-state index in [-0.39, 0.29) is 4.87 Å². The molecule has 1 aromatic heterocycles. The maximum atomic E-state index is 11.8. The standard InChI is InChI=1S/C11H13NOS2.C8H7NO2.C7H5F3/c13-11-12-10-8(14-11)4-7-5-1-2-6(3-5)9(7)15-10;10-6-9(7-11)8-4-2-1-3-5-8;8-7(9,10)6-4-2-1-3-5-6/h5-7,9H,1-4H2,(H,12,13);1-7H;1-5H/t5-,6+,7+,9-;;/m1../s1. The zero-order valence-electron chi connectivity index (χ0n) is 19.2. The van der Waals surface area contributed by atoms with Crippen molar-refractivity contribution in [2.45, 2.75) is 42.1 Å². The highest BCUT2D eigenvalue weighted by molar-refractivity contribution is 8.00. The molecular formula is C26H25F3N2O3S2. The lowest BCUT2D eigenvalue weighted by atomic mass is 9.85. The van der Waals surface area contributed by atoms with E-state index in [0.29, 0.717) is 18.5 Å². The summed E-state index contributed by atoms with van der Waals surface area (Å²) in [5.74, 6) is 2.80. The highest BCUT2D eigenvalue weighted by atomic mass is 32.2. The van der Waals surface area contributed by atoms with E-state index >= 15 is 0 Å². The summed E-state index contributed by atoms with van der Waals surface area (Å²) in [6, 6.07) is 15.1. The molecule has 1 N–H and O–H groups in total. The van der Waals surface area contributed by atoms with Crippen molar-refractivity contribution >= 4 is 41.6 Å². The number of rotatable bonds is 3. The van der Waals surface area contributed by atoms with E-state index in [4.69, 9.17) is 0 Å². The number of halogens is 3. The van der Waals surface area contributed by atoms with Gasteiger partial charge in [-0.1, -0.05) is 59.9 Å². The van der Waals surface area contributed by atoms with E-state index < -0.39 is 11.7 Å². The molecule has 0 unspecified atom stereocenters. The lowest BCUT2D eigenvalue weighted by molar-refractivity contribution is -0.137. The Kier molecular flexibility index (Phi) is 8.35.